The third-order valence-electron chi connectivity index (χ3n) is 3.17. The maximum Gasteiger partial charge on any atom is 0.127 e. The fourth-order valence-electron chi connectivity index (χ4n) is 2.41. The average Bonchev–Trinajstić information content (AvgIpc) is 2.73. The van der Waals surface area contributed by atoms with E-state index in [4.69, 9.17) is 4.74 Å². The van der Waals surface area contributed by atoms with E-state index in [0.717, 1.165) is 25.3 Å². The number of benzene rings is 1. The Morgan fingerprint density at radius 1 is 1.38 bits per heavy atom. The number of ether oxygens (including phenoxy) is 1. The minimum atomic E-state index is 0.401. The molecular weight excluding hydrogens is 198 g/mol. The molecule has 2 heteroatoms. The molecule has 1 N–H and O–H groups in total. The smallest absolute Gasteiger partial charge is 0.127 e. The van der Waals surface area contributed by atoms with E-state index in [0.29, 0.717) is 12.0 Å². The van der Waals surface area contributed by atoms with E-state index in [-0.39, 0.29) is 0 Å². The van der Waals surface area contributed by atoms with Gasteiger partial charge in [-0.2, -0.15) is 0 Å². The monoisotopic (exact) mass is 219 g/mol. The summed E-state index contributed by atoms with van der Waals surface area (Å²) in [6.07, 6.45) is 1.06. The molecule has 16 heavy (non-hydrogen) atoms. The summed E-state index contributed by atoms with van der Waals surface area (Å²) in [6.45, 7) is 8.48. The van der Waals surface area contributed by atoms with Crippen molar-refractivity contribution in [3.63, 3.8) is 0 Å². The van der Waals surface area contributed by atoms with Crippen LogP contribution in [0, 0.1) is 5.92 Å². The largest absolute Gasteiger partial charge is 0.493 e. The summed E-state index contributed by atoms with van der Waals surface area (Å²) < 4.78 is 5.77. The molecule has 0 fully saturated rings. The van der Waals surface area contributed by atoms with Gasteiger partial charge in [-0.3, -0.25) is 0 Å². The number of hydrogen-bond acceptors (Lipinski definition) is 2. The highest BCUT2D eigenvalue weighted by Crippen LogP contribution is 2.35. The van der Waals surface area contributed by atoms with Gasteiger partial charge in [0, 0.05) is 18.0 Å². The van der Waals surface area contributed by atoms with Crippen molar-refractivity contribution in [2.75, 3.05) is 13.2 Å². The van der Waals surface area contributed by atoms with Crippen LogP contribution in [0.1, 0.15) is 37.9 Å². The second-order valence-corrected chi connectivity index (χ2v) is 4.71. The predicted octanol–water partition coefficient (Wildman–Crippen LogP) is 2.93. The molecule has 0 radical (unpaired) electrons. The Morgan fingerprint density at radius 2 is 2.19 bits per heavy atom. The van der Waals surface area contributed by atoms with E-state index >= 15 is 0 Å². The maximum absolute atomic E-state index is 5.77. The summed E-state index contributed by atoms with van der Waals surface area (Å²) >= 11 is 0. The molecule has 2 nitrogen and oxygen atoms in total. The van der Waals surface area contributed by atoms with Crippen molar-refractivity contribution >= 4 is 0 Å². The summed E-state index contributed by atoms with van der Waals surface area (Å²) in [7, 11) is 0. The molecule has 0 aliphatic carbocycles. The fourth-order valence-corrected chi connectivity index (χ4v) is 2.41. The molecule has 0 spiro atoms. The lowest BCUT2D eigenvalue weighted by Crippen LogP contribution is -2.25. The fraction of sp³-hybridized carbons (Fsp3) is 0.571. The standard InChI is InChI=1S/C14H21NO/c1-4-15-13(10(2)3)12-7-5-6-11-8-9-16-14(11)12/h5-7,10,13,15H,4,8-9H2,1-3H3. The zero-order chi connectivity index (χ0) is 11.5. The number of para-hydroxylation sites is 1. The molecular formula is C14H21NO. The van der Waals surface area contributed by atoms with E-state index in [1.807, 2.05) is 0 Å². The normalized spacial score (nSPS) is 16.0. The summed E-state index contributed by atoms with van der Waals surface area (Å²) in [6, 6.07) is 6.92. The lowest BCUT2D eigenvalue weighted by Gasteiger charge is -2.24. The molecule has 1 unspecified atom stereocenters. The van der Waals surface area contributed by atoms with Crippen molar-refractivity contribution in [1.82, 2.24) is 5.32 Å². The Bertz CT molecular complexity index is 360. The van der Waals surface area contributed by atoms with Crippen LogP contribution >= 0.6 is 0 Å². The highest BCUT2D eigenvalue weighted by molar-refractivity contribution is 5.45. The van der Waals surface area contributed by atoms with Gasteiger partial charge in [0.15, 0.2) is 0 Å². The van der Waals surface area contributed by atoms with Crippen molar-refractivity contribution in [2.24, 2.45) is 5.92 Å². The second kappa shape index (κ2) is 4.88. The van der Waals surface area contributed by atoms with Crippen LogP contribution in [0.2, 0.25) is 0 Å². The van der Waals surface area contributed by atoms with Gasteiger partial charge >= 0.3 is 0 Å². The molecule has 0 saturated carbocycles. The first-order chi connectivity index (χ1) is 7.74. The third kappa shape index (κ3) is 2.07. The van der Waals surface area contributed by atoms with Gasteiger partial charge in [0.1, 0.15) is 5.75 Å². The summed E-state index contributed by atoms with van der Waals surface area (Å²) in [5.41, 5.74) is 2.69. The van der Waals surface area contributed by atoms with E-state index in [2.05, 4.69) is 44.3 Å². The zero-order valence-corrected chi connectivity index (χ0v) is 10.4. The molecule has 1 aromatic rings. The molecule has 0 amide bonds. The summed E-state index contributed by atoms with van der Waals surface area (Å²) in [5, 5.41) is 3.55. The first kappa shape index (κ1) is 11.5. The van der Waals surface area contributed by atoms with Crippen molar-refractivity contribution < 1.29 is 4.74 Å². The Hall–Kier alpha value is -1.02. The minimum Gasteiger partial charge on any atom is -0.493 e. The van der Waals surface area contributed by atoms with Crippen LogP contribution in [0.15, 0.2) is 18.2 Å². The molecule has 1 atom stereocenters. The molecule has 1 aliphatic heterocycles. The minimum absolute atomic E-state index is 0.401. The van der Waals surface area contributed by atoms with Crippen molar-refractivity contribution in [3.05, 3.63) is 29.3 Å². The Balaban J connectivity index is 2.34. The predicted molar refractivity (Wildman–Crippen MR) is 66.9 cm³/mol. The Kier molecular flexibility index (Phi) is 3.49. The van der Waals surface area contributed by atoms with E-state index in [1.165, 1.54) is 11.1 Å². The first-order valence-corrected chi connectivity index (χ1v) is 6.22. The topological polar surface area (TPSA) is 21.3 Å². The van der Waals surface area contributed by atoms with Gasteiger partial charge in [0.25, 0.3) is 0 Å². The molecule has 0 saturated heterocycles. The van der Waals surface area contributed by atoms with Gasteiger partial charge in [0.05, 0.1) is 6.61 Å². The van der Waals surface area contributed by atoms with E-state index in [1.54, 1.807) is 0 Å². The highest BCUT2D eigenvalue weighted by Gasteiger charge is 2.23. The molecule has 0 bridgehead atoms. The van der Waals surface area contributed by atoms with Gasteiger partial charge in [-0.1, -0.05) is 39.0 Å². The van der Waals surface area contributed by atoms with Gasteiger partial charge in [-0.05, 0) is 18.0 Å². The third-order valence-corrected chi connectivity index (χ3v) is 3.17. The van der Waals surface area contributed by atoms with Crippen LogP contribution in [0.4, 0.5) is 0 Å². The average molecular weight is 219 g/mol. The molecule has 1 aromatic carbocycles. The SMILES string of the molecule is CCNC(c1cccc2c1OCC2)C(C)C. The van der Waals surface area contributed by atoms with E-state index in [9.17, 15) is 0 Å². The van der Waals surface area contributed by atoms with Crippen LogP contribution < -0.4 is 10.1 Å². The molecule has 1 heterocycles. The summed E-state index contributed by atoms with van der Waals surface area (Å²) in [5.74, 6) is 1.71. The van der Waals surface area contributed by atoms with Gasteiger partial charge in [-0.15, -0.1) is 0 Å². The van der Waals surface area contributed by atoms with Crippen LogP contribution in [0.3, 0.4) is 0 Å². The van der Waals surface area contributed by atoms with Gasteiger partial charge < -0.3 is 10.1 Å². The Morgan fingerprint density at radius 3 is 2.88 bits per heavy atom. The van der Waals surface area contributed by atoms with E-state index < -0.39 is 0 Å². The van der Waals surface area contributed by atoms with Crippen molar-refractivity contribution in [1.29, 1.82) is 0 Å². The number of fused-ring (bicyclic) bond motifs is 1. The zero-order valence-electron chi connectivity index (χ0n) is 10.4. The second-order valence-electron chi connectivity index (χ2n) is 4.71. The molecule has 88 valence electrons. The first-order valence-electron chi connectivity index (χ1n) is 6.22. The van der Waals surface area contributed by atoms with Crippen LogP contribution in [0.25, 0.3) is 0 Å². The van der Waals surface area contributed by atoms with Gasteiger partial charge in [-0.25, -0.2) is 0 Å². The maximum atomic E-state index is 5.77. The lowest BCUT2D eigenvalue weighted by atomic mass is 9.93. The van der Waals surface area contributed by atoms with Crippen molar-refractivity contribution in [3.8, 4) is 5.75 Å². The highest BCUT2D eigenvalue weighted by atomic mass is 16.5. The number of nitrogens with one attached hydrogen (secondary N) is 1. The van der Waals surface area contributed by atoms with Crippen LogP contribution in [-0.2, 0) is 6.42 Å². The Labute approximate surface area is 98.0 Å². The van der Waals surface area contributed by atoms with Crippen LogP contribution in [-0.4, -0.2) is 13.2 Å². The molecule has 2 rings (SSSR count). The molecule has 1 aliphatic rings. The lowest BCUT2D eigenvalue weighted by molar-refractivity contribution is 0.339. The molecule has 0 aromatic heterocycles. The number of rotatable bonds is 4. The van der Waals surface area contributed by atoms with Gasteiger partial charge in [0.2, 0.25) is 0 Å². The quantitative estimate of drug-likeness (QED) is 0.840. The van der Waals surface area contributed by atoms with Crippen molar-refractivity contribution in [2.45, 2.75) is 33.2 Å². The van der Waals surface area contributed by atoms with Crippen LogP contribution in [0.5, 0.6) is 5.75 Å². The summed E-state index contributed by atoms with van der Waals surface area (Å²) in [4.78, 5) is 0. The number of hydrogen-bond donors (Lipinski definition) is 1.